The Hall–Kier alpha value is -2.24. The molecular formula is C11H11N5O. The van der Waals surface area contributed by atoms with Crippen LogP contribution >= 0.6 is 0 Å². The van der Waals surface area contributed by atoms with Gasteiger partial charge in [-0.05, 0) is 6.92 Å². The molecule has 0 saturated carbocycles. The van der Waals surface area contributed by atoms with E-state index < -0.39 is 0 Å². The van der Waals surface area contributed by atoms with Gasteiger partial charge in [-0.1, -0.05) is 0 Å². The zero-order chi connectivity index (χ0) is 12.0. The van der Waals surface area contributed by atoms with Gasteiger partial charge in [-0.3, -0.25) is 9.20 Å². The minimum Gasteiger partial charge on any atom is -0.318 e. The van der Waals surface area contributed by atoms with Crippen molar-refractivity contribution in [1.82, 2.24) is 23.9 Å². The minimum atomic E-state index is 0.105. The summed E-state index contributed by atoms with van der Waals surface area (Å²) in [7, 11) is 1.89. The summed E-state index contributed by atoms with van der Waals surface area (Å²) in [6.45, 7) is 1.56. The van der Waals surface area contributed by atoms with E-state index in [-0.39, 0.29) is 5.78 Å². The molecule has 0 aromatic carbocycles. The summed E-state index contributed by atoms with van der Waals surface area (Å²) in [5.41, 5.74) is 3.13. The van der Waals surface area contributed by atoms with Crippen LogP contribution in [0.4, 0.5) is 0 Å². The van der Waals surface area contributed by atoms with Crippen molar-refractivity contribution in [2.75, 3.05) is 0 Å². The van der Waals surface area contributed by atoms with Crippen molar-refractivity contribution >= 4 is 22.6 Å². The molecule has 0 aliphatic carbocycles. The smallest absolute Gasteiger partial charge is 0.168 e. The fraction of sp³-hybridized carbons (Fsp3) is 0.273. The zero-order valence-electron chi connectivity index (χ0n) is 9.58. The molecule has 86 valence electrons. The summed E-state index contributed by atoms with van der Waals surface area (Å²) in [5.74, 6) is 0.105. The number of fused-ring (bicyclic) bond motifs is 3. The first-order valence-electron chi connectivity index (χ1n) is 5.28. The molecule has 3 aromatic heterocycles. The quantitative estimate of drug-likeness (QED) is 0.650. The normalized spacial score (nSPS) is 11.4. The first kappa shape index (κ1) is 9.95. The Labute approximate surface area is 96.9 Å². The number of hydrogen-bond donors (Lipinski definition) is 0. The van der Waals surface area contributed by atoms with Crippen molar-refractivity contribution < 1.29 is 4.79 Å². The van der Waals surface area contributed by atoms with Gasteiger partial charge < -0.3 is 4.57 Å². The SMILES string of the molecule is CC(=O)Cc1cnc2c3ncn(C)c3ncn12. The molecule has 0 radical (unpaired) electrons. The number of imidazole rings is 2. The molecule has 3 aromatic rings. The molecule has 0 fully saturated rings. The van der Waals surface area contributed by atoms with Gasteiger partial charge in [-0.2, -0.15) is 0 Å². The molecule has 0 saturated heterocycles. The first-order chi connectivity index (χ1) is 8.16. The summed E-state index contributed by atoms with van der Waals surface area (Å²) in [6, 6.07) is 0. The van der Waals surface area contributed by atoms with Crippen LogP contribution in [0.25, 0.3) is 16.8 Å². The third-order valence-electron chi connectivity index (χ3n) is 2.72. The standard InChI is InChI=1S/C11H11N5O/c1-7(17)3-8-4-12-11-9-10(14-6-16(8)11)15(2)5-13-9/h4-6H,3H2,1-2H3. The van der Waals surface area contributed by atoms with Crippen LogP contribution in [0.3, 0.4) is 0 Å². The van der Waals surface area contributed by atoms with E-state index >= 15 is 0 Å². The fourth-order valence-electron chi connectivity index (χ4n) is 1.93. The Bertz CT molecular complexity index is 724. The maximum Gasteiger partial charge on any atom is 0.168 e. The molecule has 17 heavy (non-hydrogen) atoms. The van der Waals surface area contributed by atoms with Gasteiger partial charge >= 0.3 is 0 Å². The van der Waals surface area contributed by atoms with E-state index in [0.29, 0.717) is 6.42 Å². The molecule has 0 aliphatic heterocycles. The lowest BCUT2D eigenvalue weighted by atomic mass is 10.2. The summed E-state index contributed by atoms with van der Waals surface area (Å²) < 4.78 is 3.66. The highest BCUT2D eigenvalue weighted by Crippen LogP contribution is 2.16. The van der Waals surface area contributed by atoms with Crippen LogP contribution in [0.1, 0.15) is 12.6 Å². The molecule has 0 N–H and O–H groups in total. The number of aryl methyl sites for hydroxylation is 1. The van der Waals surface area contributed by atoms with Crippen LogP contribution in [0.2, 0.25) is 0 Å². The van der Waals surface area contributed by atoms with Gasteiger partial charge in [0.2, 0.25) is 0 Å². The summed E-state index contributed by atoms with van der Waals surface area (Å²) >= 11 is 0. The summed E-state index contributed by atoms with van der Waals surface area (Å²) in [6.07, 6.45) is 5.45. The monoisotopic (exact) mass is 229 g/mol. The van der Waals surface area contributed by atoms with Crippen LogP contribution < -0.4 is 0 Å². The summed E-state index contributed by atoms with van der Waals surface area (Å²) in [4.78, 5) is 24.0. The first-order valence-corrected chi connectivity index (χ1v) is 5.28. The molecular weight excluding hydrogens is 218 g/mol. The zero-order valence-corrected chi connectivity index (χ0v) is 9.58. The van der Waals surface area contributed by atoms with Crippen molar-refractivity contribution in [2.24, 2.45) is 7.05 Å². The Kier molecular flexibility index (Phi) is 1.98. The maximum atomic E-state index is 11.1. The number of carbonyl (C=O) groups is 1. The highest BCUT2D eigenvalue weighted by Gasteiger charge is 2.11. The number of rotatable bonds is 2. The van der Waals surface area contributed by atoms with Gasteiger partial charge in [0, 0.05) is 19.7 Å². The van der Waals surface area contributed by atoms with Crippen LogP contribution in [0, 0.1) is 0 Å². The molecule has 0 spiro atoms. The van der Waals surface area contributed by atoms with E-state index in [1.54, 1.807) is 25.8 Å². The van der Waals surface area contributed by atoms with Gasteiger partial charge in [0.05, 0.1) is 12.0 Å². The van der Waals surface area contributed by atoms with Crippen molar-refractivity contribution in [3.63, 3.8) is 0 Å². The Morgan fingerprint density at radius 2 is 2.06 bits per heavy atom. The molecule has 0 aliphatic rings. The number of ketones is 1. The number of Topliss-reactive ketones (excluding diaryl/α,β-unsaturated/α-hetero) is 1. The number of hydrogen-bond acceptors (Lipinski definition) is 4. The second-order valence-electron chi connectivity index (χ2n) is 4.09. The average molecular weight is 229 g/mol. The number of carbonyl (C=O) groups excluding carboxylic acids is 1. The molecule has 6 heteroatoms. The van der Waals surface area contributed by atoms with Crippen LogP contribution in [-0.4, -0.2) is 29.7 Å². The van der Waals surface area contributed by atoms with E-state index in [1.165, 1.54) is 0 Å². The second kappa shape index (κ2) is 3.38. The Morgan fingerprint density at radius 3 is 2.82 bits per heavy atom. The second-order valence-corrected chi connectivity index (χ2v) is 4.09. The third kappa shape index (κ3) is 1.41. The van der Waals surface area contributed by atoms with E-state index in [2.05, 4.69) is 15.0 Å². The van der Waals surface area contributed by atoms with Crippen molar-refractivity contribution in [3.05, 3.63) is 24.5 Å². The lowest BCUT2D eigenvalue weighted by Gasteiger charge is -1.99. The predicted molar refractivity (Wildman–Crippen MR) is 61.6 cm³/mol. The summed E-state index contributed by atoms with van der Waals surface area (Å²) in [5, 5.41) is 0. The highest BCUT2D eigenvalue weighted by atomic mass is 16.1. The molecule has 0 amide bonds. The topological polar surface area (TPSA) is 65.1 Å². The van der Waals surface area contributed by atoms with Crippen LogP contribution in [0.5, 0.6) is 0 Å². The van der Waals surface area contributed by atoms with Crippen LogP contribution in [-0.2, 0) is 18.3 Å². The molecule has 0 atom stereocenters. The van der Waals surface area contributed by atoms with Crippen LogP contribution in [0.15, 0.2) is 18.9 Å². The van der Waals surface area contributed by atoms with E-state index in [4.69, 9.17) is 0 Å². The average Bonchev–Trinajstić information content (AvgIpc) is 2.83. The highest BCUT2D eigenvalue weighted by molar-refractivity contribution is 5.86. The molecule has 3 rings (SSSR count). The predicted octanol–water partition coefficient (Wildman–Crippen LogP) is 0.747. The number of aromatic nitrogens is 5. The van der Waals surface area contributed by atoms with Gasteiger partial charge in [-0.25, -0.2) is 15.0 Å². The third-order valence-corrected chi connectivity index (χ3v) is 2.72. The van der Waals surface area contributed by atoms with E-state index in [0.717, 1.165) is 22.5 Å². The molecule has 0 bridgehead atoms. The van der Waals surface area contributed by atoms with E-state index in [1.807, 2.05) is 16.0 Å². The Balaban J connectivity index is 2.31. The number of nitrogens with zero attached hydrogens (tertiary/aromatic N) is 5. The van der Waals surface area contributed by atoms with Gasteiger partial charge in [-0.15, -0.1) is 0 Å². The van der Waals surface area contributed by atoms with Crippen molar-refractivity contribution in [3.8, 4) is 0 Å². The molecule has 3 heterocycles. The maximum absolute atomic E-state index is 11.1. The lowest BCUT2D eigenvalue weighted by molar-refractivity contribution is -0.116. The van der Waals surface area contributed by atoms with E-state index in [9.17, 15) is 4.79 Å². The minimum absolute atomic E-state index is 0.105. The van der Waals surface area contributed by atoms with Gasteiger partial charge in [0.1, 0.15) is 12.1 Å². The largest absolute Gasteiger partial charge is 0.318 e. The van der Waals surface area contributed by atoms with Gasteiger partial charge in [0.15, 0.2) is 16.8 Å². The van der Waals surface area contributed by atoms with Crippen molar-refractivity contribution in [2.45, 2.75) is 13.3 Å². The van der Waals surface area contributed by atoms with Gasteiger partial charge in [0.25, 0.3) is 0 Å². The Morgan fingerprint density at radius 1 is 1.24 bits per heavy atom. The molecule has 6 nitrogen and oxygen atoms in total. The van der Waals surface area contributed by atoms with Crippen molar-refractivity contribution in [1.29, 1.82) is 0 Å². The molecule has 0 unspecified atom stereocenters. The lowest BCUT2D eigenvalue weighted by Crippen LogP contribution is -2.01. The fourth-order valence-corrected chi connectivity index (χ4v) is 1.93.